The Balaban J connectivity index is 2.82. The number of rotatable bonds is 6. The molecule has 1 heterocycles. The van der Waals surface area contributed by atoms with Gasteiger partial charge in [0, 0.05) is 24.5 Å². The first-order valence-electron chi connectivity index (χ1n) is 6.28. The van der Waals surface area contributed by atoms with Crippen molar-refractivity contribution in [2.45, 2.75) is 19.9 Å². The summed E-state index contributed by atoms with van der Waals surface area (Å²) in [4.78, 5) is 36.4. The summed E-state index contributed by atoms with van der Waals surface area (Å²) in [5.41, 5.74) is 5.66. The van der Waals surface area contributed by atoms with Crippen LogP contribution in [-0.4, -0.2) is 41.5 Å². The van der Waals surface area contributed by atoms with Crippen LogP contribution in [0.2, 0.25) is 0 Å². The number of nitrogen functional groups attached to an aromatic ring is 1. The van der Waals surface area contributed by atoms with Gasteiger partial charge in [-0.1, -0.05) is 6.92 Å². The van der Waals surface area contributed by atoms with Crippen molar-refractivity contribution in [1.82, 2.24) is 9.47 Å². The first-order valence-corrected chi connectivity index (χ1v) is 6.28. The summed E-state index contributed by atoms with van der Waals surface area (Å²) in [5, 5.41) is 0. The van der Waals surface area contributed by atoms with Crippen molar-refractivity contribution >= 4 is 17.6 Å². The Hall–Kier alpha value is -2.31. The molecule has 0 aliphatic heterocycles. The minimum atomic E-state index is -0.494. The molecule has 1 rings (SSSR count). The van der Waals surface area contributed by atoms with Gasteiger partial charge in [-0.15, -0.1) is 0 Å². The second kappa shape index (κ2) is 7.32. The van der Waals surface area contributed by atoms with Gasteiger partial charge >= 0.3 is 5.97 Å². The maximum atomic E-state index is 12.1. The Labute approximate surface area is 116 Å². The van der Waals surface area contributed by atoms with Gasteiger partial charge in [0.2, 0.25) is 5.91 Å². The van der Waals surface area contributed by atoms with Crippen molar-refractivity contribution in [3.8, 4) is 0 Å². The van der Waals surface area contributed by atoms with E-state index in [1.54, 1.807) is 0 Å². The number of amides is 1. The van der Waals surface area contributed by atoms with Crippen LogP contribution >= 0.6 is 0 Å². The first kappa shape index (κ1) is 15.7. The highest BCUT2D eigenvalue weighted by Crippen LogP contribution is 2.00. The van der Waals surface area contributed by atoms with E-state index in [2.05, 4.69) is 4.74 Å². The van der Waals surface area contributed by atoms with Crippen LogP contribution in [0.3, 0.4) is 0 Å². The summed E-state index contributed by atoms with van der Waals surface area (Å²) in [6, 6.07) is 2.77. The normalized spacial score (nSPS) is 10.1. The number of carbonyl (C=O) groups is 2. The summed E-state index contributed by atoms with van der Waals surface area (Å²) in [7, 11) is 1.26. The van der Waals surface area contributed by atoms with Gasteiger partial charge in [-0.25, -0.2) is 0 Å². The van der Waals surface area contributed by atoms with Crippen LogP contribution in [-0.2, 0) is 20.9 Å². The molecule has 1 aromatic rings. The molecular formula is C13H19N3O4. The Bertz CT molecular complexity index is 539. The van der Waals surface area contributed by atoms with E-state index in [1.165, 1.54) is 34.9 Å². The lowest BCUT2D eigenvalue weighted by molar-refractivity contribution is -0.147. The van der Waals surface area contributed by atoms with Crippen LogP contribution in [0.4, 0.5) is 5.69 Å². The van der Waals surface area contributed by atoms with Crippen LogP contribution in [0.15, 0.2) is 23.1 Å². The molecule has 0 saturated carbocycles. The number of nitrogens with zero attached hydrogens (tertiary/aromatic N) is 2. The molecule has 110 valence electrons. The molecule has 1 amide bonds. The third kappa shape index (κ3) is 4.42. The van der Waals surface area contributed by atoms with Gasteiger partial charge in [0.25, 0.3) is 5.56 Å². The molecule has 7 heteroatoms. The fraction of sp³-hybridized carbons (Fsp3) is 0.462. The topological polar surface area (TPSA) is 94.6 Å². The summed E-state index contributed by atoms with van der Waals surface area (Å²) < 4.78 is 5.77. The van der Waals surface area contributed by atoms with Crippen LogP contribution in [0.25, 0.3) is 0 Å². The predicted molar refractivity (Wildman–Crippen MR) is 74.0 cm³/mol. The maximum Gasteiger partial charge on any atom is 0.325 e. The van der Waals surface area contributed by atoms with Gasteiger partial charge in [0.05, 0.1) is 7.11 Å². The van der Waals surface area contributed by atoms with Crippen molar-refractivity contribution in [2.75, 3.05) is 25.9 Å². The van der Waals surface area contributed by atoms with Crippen LogP contribution in [0.1, 0.15) is 13.3 Å². The van der Waals surface area contributed by atoms with Crippen molar-refractivity contribution in [3.05, 3.63) is 28.7 Å². The SMILES string of the molecule is CCCN(CC(=O)OC)C(=O)Cn1cc(N)ccc1=O. The van der Waals surface area contributed by atoms with Crippen LogP contribution in [0, 0.1) is 0 Å². The van der Waals surface area contributed by atoms with E-state index in [9.17, 15) is 14.4 Å². The second-order valence-electron chi connectivity index (χ2n) is 4.32. The maximum absolute atomic E-state index is 12.1. The Morgan fingerprint density at radius 3 is 2.70 bits per heavy atom. The van der Waals surface area contributed by atoms with E-state index in [0.29, 0.717) is 18.7 Å². The fourth-order valence-electron chi connectivity index (χ4n) is 1.70. The second-order valence-corrected chi connectivity index (χ2v) is 4.32. The number of carbonyl (C=O) groups excluding carboxylic acids is 2. The van der Waals surface area contributed by atoms with Gasteiger partial charge in [0.15, 0.2) is 0 Å². The first-order chi connectivity index (χ1) is 9.47. The standard InChI is InChI=1S/C13H19N3O4/c1-3-6-15(9-13(19)20-2)12(18)8-16-7-10(14)4-5-11(16)17/h4-5,7H,3,6,8-9,14H2,1-2H3. The number of aromatic nitrogens is 1. The van der Waals surface area contributed by atoms with Gasteiger partial charge in [-0.05, 0) is 12.5 Å². The third-order valence-corrected chi connectivity index (χ3v) is 2.71. The molecule has 0 radical (unpaired) electrons. The lowest BCUT2D eigenvalue weighted by Gasteiger charge is -2.21. The number of hydrogen-bond donors (Lipinski definition) is 1. The van der Waals surface area contributed by atoms with Crippen LogP contribution < -0.4 is 11.3 Å². The predicted octanol–water partition coefficient (Wildman–Crippen LogP) is -0.158. The van der Waals surface area contributed by atoms with E-state index in [0.717, 1.165) is 0 Å². The molecule has 0 bridgehead atoms. The average molecular weight is 281 g/mol. The van der Waals surface area contributed by atoms with Gasteiger partial charge in [0.1, 0.15) is 13.1 Å². The Morgan fingerprint density at radius 2 is 2.10 bits per heavy atom. The largest absolute Gasteiger partial charge is 0.468 e. The fourth-order valence-corrected chi connectivity index (χ4v) is 1.70. The molecule has 0 atom stereocenters. The zero-order valence-corrected chi connectivity index (χ0v) is 11.7. The number of methoxy groups -OCH3 is 1. The molecule has 0 saturated heterocycles. The monoisotopic (exact) mass is 281 g/mol. The van der Waals surface area contributed by atoms with E-state index in [1.807, 2.05) is 6.92 Å². The third-order valence-electron chi connectivity index (χ3n) is 2.71. The van der Waals surface area contributed by atoms with E-state index in [4.69, 9.17) is 5.73 Å². The van der Waals surface area contributed by atoms with E-state index in [-0.39, 0.29) is 24.6 Å². The molecule has 2 N–H and O–H groups in total. The van der Waals surface area contributed by atoms with Gasteiger partial charge in [-0.2, -0.15) is 0 Å². The molecule has 0 aliphatic rings. The zero-order chi connectivity index (χ0) is 15.1. The highest BCUT2D eigenvalue weighted by atomic mass is 16.5. The molecule has 7 nitrogen and oxygen atoms in total. The summed E-state index contributed by atoms with van der Waals surface area (Å²) >= 11 is 0. The van der Waals surface area contributed by atoms with E-state index < -0.39 is 5.97 Å². The zero-order valence-electron chi connectivity index (χ0n) is 11.7. The van der Waals surface area contributed by atoms with Gasteiger partial charge < -0.3 is 19.9 Å². The number of anilines is 1. The number of ether oxygens (including phenoxy) is 1. The molecule has 0 spiro atoms. The molecule has 0 aliphatic carbocycles. The van der Waals surface area contributed by atoms with E-state index >= 15 is 0 Å². The highest BCUT2D eigenvalue weighted by Gasteiger charge is 2.17. The number of nitrogens with two attached hydrogens (primary N) is 1. The minimum absolute atomic E-state index is 0.125. The molecule has 0 aromatic carbocycles. The summed E-state index contributed by atoms with van der Waals surface area (Å²) in [6.07, 6.45) is 2.11. The van der Waals surface area contributed by atoms with Crippen molar-refractivity contribution in [3.63, 3.8) is 0 Å². The molecule has 20 heavy (non-hydrogen) atoms. The molecule has 1 aromatic heterocycles. The number of esters is 1. The lowest BCUT2D eigenvalue weighted by Crippen LogP contribution is -2.40. The van der Waals surface area contributed by atoms with Crippen molar-refractivity contribution < 1.29 is 14.3 Å². The Kier molecular flexibility index (Phi) is 5.76. The molecule has 0 unspecified atom stereocenters. The summed E-state index contributed by atoms with van der Waals surface area (Å²) in [5.74, 6) is -0.823. The average Bonchev–Trinajstić information content (AvgIpc) is 2.42. The quantitative estimate of drug-likeness (QED) is 0.731. The molecule has 0 fully saturated rings. The van der Waals surface area contributed by atoms with Gasteiger partial charge in [-0.3, -0.25) is 14.4 Å². The van der Waals surface area contributed by atoms with Crippen molar-refractivity contribution in [2.24, 2.45) is 0 Å². The number of hydrogen-bond acceptors (Lipinski definition) is 5. The summed E-state index contributed by atoms with van der Waals surface area (Å²) in [6.45, 7) is 2.04. The molecular weight excluding hydrogens is 262 g/mol. The Morgan fingerprint density at radius 1 is 1.40 bits per heavy atom. The lowest BCUT2D eigenvalue weighted by atomic mass is 10.3. The minimum Gasteiger partial charge on any atom is -0.468 e. The van der Waals surface area contributed by atoms with Crippen LogP contribution in [0.5, 0.6) is 0 Å². The number of pyridine rings is 1. The smallest absolute Gasteiger partial charge is 0.325 e. The van der Waals surface area contributed by atoms with Crippen molar-refractivity contribution in [1.29, 1.82) is 0 Å². The highest BCUT2D eigenvalue weighted by molar-refractivity contribution is 5.81.